The fourth-order valence-electron chi connectivity index (χ4n) is 2.87. The number of hydrogen-bond donors (Lipinski definition) is 4. The molecule has 3 rings (SSSR count). The number of nitrogens with zero attached hydrogens (tertiary/aromatic N) is 3. The topological polar surface area (TPSA) is 157 Å². The molecule has 2 aromatic heterocycles. The summed E-state index contributed by atoms with van der Waals surface area (Å²) in [5.41, 5.74) is -2.04. The van der Waals surface area contributed by atoms with E-state index < -0.39 is 36.5 Å². The molecule has 132 valence electrons. The van der Waals surface area contributed by atoms with E-state index in [2.05, 4.69) is 10.1 Å². The highest BCUT2D eigenvalue weighted by Gasteiger charge is 2.60. The molecule has 0 aromatic carbocycles. The number of aliphatic hydroxyl groups is 2. The second-order valence-corrected chi connectivity index (χ2v) is 5.53. The number of nitrogens with one attached hydrogen (secondary N) is 2. The fourth-order valence-corrected chi connectivity index (χ4v) is 2.87. The summed E-state index contributed by atoms with van der Waals surface area (Å²) in [5.74, 6) is -0.658. The maximum atomic E-state index is 11.8. The van der Waals surface area contributed by atoms with Gasteiger partial charge in [-0.05, 0) is 12.1 Å². The van der Waals surface area contributed by atoms with Crippen molar-refractivity contribution >= 4 is 11.5 Å². The number of carbonyl (C=O) groups is 1. The van der Waals surface area contributed by atoms with Gasteiger partial charge in [0, 0.05) is 6.42 Å². The number of nitriles is 1. The molecule has 2 aromatic rings. The standard InChI is InChI=1S/C15H17N5O5/c1-2-11(22)24-13-12(23)9(5-21)25-15(13,6-16)10-4-3-8-14(17)18-7-19-20(8)10/h3-4,7,9,12-13,21,23H,2,5H2,1H3,(H2,17,18,19)/t9-,12-,13-,15+/m1/s1/i3D. The van der Waals surface area contributed by atoms with Crippen LogP contribution in [0.1, 0.15) is 20.4 Å². The Morgan fingerprint density at radius 2 is 2.52 bits per heavy atom. The average molecular weight is 348 g/mol. The van der Waals surface area contributed by atoms with Crippen molar-refractivity contribution in [3.05, 3.63) is 29.6 Å². The van der Waals surface area contributed by atoms with Crippen LogP contribution in [0.3, 0.4) is 0 Å². The van der Waals surface area contributed by atoms with Crippen molar-refractivity contribution in [3.63, 3.8) is 0 Å². The average Bonchev–Trinajstić information content (AvgIpc) is 3.12. The first kappa shape index (κ1) is 15.8. The summed E-state index contributed by atoms with van der Waals surface area (Å²) in [5, 5.41) is 40.3. The Kier molecular flexibility index (Phi) is 3.96. The number of rotatable bonds is 4. The van der Waals surface area contributed by atoms with Gasteiger partial charge in [-0.25, -0.2) is 4.98 Å². The van der Waals surface area contributed by atoms with Crippen LogP contribution in [0.15, 0.2) is 18.4 Å². The highest BCUT2D eigenvalue weighted by Crippen LogP contribution is 2.41. The molecule has 0 radical (unpaired) electrons. The predicted molar refractivity (Wildman–Crippen MR) is 80.8 cm³/mol. The zero-order valence-corrected chi connectivity index (χ0v) is 13.3. The van der Waals surface area contributed by atoms with Gasteiger partial charge in [0.2, 0.25) is 5.60 Å². The van der Waals surface area contributed by atoms with Crippen molar-refractivity contribution in [2.24, 2.45) is 0 Å². The molecule has 0 saturated carbocycles. The van der Waals surface area contributed by atoms with Crippen molar-refractivity contribution < 1.29 is 25.9 Å². The minimum absolute atomic E-state index is 0.0139. The second kappa shape index (κ2) is 6.29. The third-order valence-electron chi connectivity index (χ3n) is 4.12. The second-order valence-electron chi connectivity index (χ2n) is 5.53. The summed E-state index contributed by atoms with van der Waals surface area (Å²) < 4.78 is 20.2. The highest BCUT2D eigenvalue weighted by molar-refractivity contribution is 5.69. The Morgan fingerprint density at radius 1 is 1.76 bits per heavy atom. The van der Waals surface area contributed by atoms with Gasteiger partial charge >= 0.3 is 5.97 Å². The van der Waals surface area contributed by atoms with Crippen molar-refractivity contribution in [3.8, 4) is 6.07 Å². The molecule has 1 fully saturated rings. The van der Waals surface area contributed by atoms with Gasteiger partial charge < -0.3 is 19.7 Å². The normalized spacial score (nSPS) is 29.4. The van der Waals surface area contributed by atoms with E-state index in [0.29, 0.717) is 0 Å². The molecule has 0 unspecified atom stereocenters. The van der Waals surface area contributed by atoms with E-state index >= 15 is 0 Å². The number of aromatic amines is 1. The number of aliphatic hydroxyl groups excluding tert-OH is 2. The monoisotopic (exact) mass is 348 g/mol. The van der Waals surface area contributed by atoms with Gasteiger partial charge in [0.25, 0.3) is 0 Å². The van der Waals surface area contributed by atoms with Crippen molar-refractivity contribution in [1.29, 1.82) is 10.7 Å². The Morgan fingerprint density at radius 3 is 3.16 bits per heavy atom. The van der Waals surface area contributed by atoms with Gasteiger partial charge in [-0.3, -0.25) is 19.8 Å². The summed E-state index contributed by atoms with van der Waals surface area (Å²) >= 11 is 0. The summed E-state index contributed by atoms with van der Waals surface area (Å²) in [7, 11) is 0. The predicted octanol–water partition coefficient (Wildman–Crippen LogP) is -1.07. The van der Waals surface area contributed by atoms with Crippen LogP contribution in [-0.4, -0.2) is 55.7 Å². The Labute approximate surface area is 143 Å². The first-order valence-corrected chi connectivity index (χ1v) is 7.57. The van der Waals surface area contributed by atoms with E-state index in [1.165, 1.54) is 16.9 Å². The zero-order valence-electron chi connectivity index (χ0n) is 14.3. The molecule has 4 N–H and O–H groups in total. The molecule has 0 aliphatic carbocycles. The zero-order chi connectivity index (χ0) is 19.1. The number of esters is 1. The number of fused-ring (bicyclic) bond motifs is 1. The lowest BCUT2D eigenvalue weighted by Crippen LogP contribution is -2.44. The minimum atomic E-state index is -1.98. The fraction of sp³-hybridized carbons (Fsp3) is 0.467. The molecule has 1 aliphatic heterocycles. The SMILES string of the molecule is [2H]c1cc([C@]2(C#N)O[C@H](CO)[C@@H](O)[C@H]2OC(=O)CC)n2[nH]cnc(=N)c12. The molecule has 10 heteroatoms. The summed E-state index contributed by atoms with van der Waals surface area (Å²) in [6.45, 7) is 0.958. The van der Waals surface area contributed by atoms with Crippen LogP contribution in [-0.2, 0) is 19.9 Å². The largest absolute Gasteiger partial charge is 0.455 e. The first-order valence-electron chi connectivity index (χ1n) is 8.07. The van der Waals surface area contributed by atoms with E-state index in [1.54, 1.807) is 6.92 Å². The van der Waals surface area contributed by atoms with Crippen LogP contribution in [0.4, 0.5) is 0 Å². The number of ether oxygens (including phenoxy) is 2. The van der Waals surface area contributed by atoms with Gasteiger partial charge in [0.15, 0.2) is 11.6 Å². The molecule has 0 amide bonds. The van der Waals surface area contributed by atoms with Crippen molar-refractivity contribution in [2.75, 3.05) is 6.61 Å². The molecule has 0 spiro atoms. The third-order valence-corrected chi connectivity index (χ3v) is 4.12. The maximum Gasteiger partial charge on any atom is 0.306 e. The summed E-state index contributed by atoms with van der Waals surface area (Å²) in [6, 6.07) is 3.09. The smallest absolute Gasteiger partial charge is 0.306 e. The Bertz CT molecular complexity index is 950. The molecule has 3 heterocycles. The van der Waals surface area contributed by atoms with Crippen LogP contribution < -0.4 is 5.49 Å². The van der Waals surface area contributed by atoms with Crippen LogP contribution in [0.5, 0.6) is 0 Å². The van der Waals surface area contributed by atoms with E-state index in [0.717, 1.165) is 0 Å². The summed E-state index contributed by atoms with van der Waals surface area (Å²) in [6.07, 6.45) is -2.83. The van der Waals surface area contributed by atoms with E-state index in [1.807, 2.05) is 6.07 Å². The Balaban J connectivity index is 2.24. The van der Waals surface area contributed by atoms with Gasteiger partial charge in [-0.15, -0.1) is 0 Å². The third kappa shape index (κ3) is 2.49. The number of H-pyrrole nitrogens is 1. The van der Waals surface area contributed by atoms with Crippen molar-refractivity contribution in [1.82, 2.24) is 14.6 Å². The van der Waals surface area contributed by atoms with Gasteiger partial charge in [0.05, 0.1) is 13.7 Å². The quantitative estimate of drug-likeness (QED) is 0.513. The molecule has 4 atom stereocenters. The molecule has 1 saturated heterocycles. The van der Waals surface area contributed by atoms with E-state index in [-0.39, 0.29) is 29.2 Å². The van der Waals surface area contributed by atoms with Crippen LogP contribution >= 0.6 is 0 Å². The number of carbonyl (C=O) groups excluding carboxylic acids is 1. The molecular weight excluding hydrogens is 330 g/mol. The van der Waals surface area contributed by atoms with E-state index in [9.17, 15) is 20.3 Å². The molecule has 25 heavy (non-hydrogen) atoms. The maximum absolute atomic E-state index is 11.8. The highest BCUT2D eigenvalue weighted by atomic mass is 16.6. The minimum Gasteiger partial charge on any atom is -0.455 e. The van der Waals surface area contributed by atoms with Crippen LogP contribution in [0.2, 0.25) is 0 Å². The van der Waals surface area contributed by atoms with E-state index in [4.69, 9.17) is 16.3 Å². The van der Waals surface area contributed by atoms with Gasteiger partial charge in [0.1, 0.15) is 30.1 Å². The Hall–Kier alpha value is -2.74. The molecular formula is C15H17N5O5. The number of aromatic nitrogens is 3. The molecule has 0 bridgehead atoms. The lowest BCUT2D eigenvalue weighted by Gasteiger charge is -2.27. The van der Waals surface area contributed by atoms with Gasteiger partial charge in [-0.1, -0.05) is 6.92 Å². The summed E-state index contributed by atoms with van der Waals surface area (Å²) in [4.78, 5) is 15.6. The lowest BCUT2D eigenvalue weighted by atomic mass is 9.92. The molecule has 10 nitrogen and oxygen atoms in total. The van der Waals surface area contributed by atoms with Gasteiger partial charge in [-0.2, -0.15) is 5.26 Å². The first-order chi connectivity index (χ1) is 12.4. The lowest BCUT2D eigenvalue weighted by molar-refractivity contribution is -0.159. The molecule has 1 aliphatic rings. The number of hydrogen-bond acceptors (Lipinski definition) is 8. The van der Waals surface area contributed by atoms with Crippen LogP contribution in [0, 0.1) is 16.7 Å². The van der Waals surface area contributed by atoms with Crippen molar-refractivity contribution in [2.45, 2.75) is 37.3 Å². The van der Waals surface area contributed by atoms with Crippen LogP contribution in [0.25, 0.3) is 5.52 Å².